The van der Waals surface area contributed by atoms with Crippen molar-refractivity contribution in [3.63, 3.8) is 0 Å². The van der Waals surface area contributed by atoms with Gasteiger partial charge >= 0.3 is 0 Å². The average Bonchev–Trinajstić information content (AvgIpc) is 2.73. The molecule has 0 aromatic carbocycles. The van der Waals surface area contributed by atoms with E-state index in [0.717, 1.165) is 22.5 Å². The van der Waals surface area contributed by atoms with Crippen LogP contribution in [0.3, 0.4) is 0 Å². The Balaban J connectivity index is 2.05. The predicted octanol–water partition coefficient (Wildman–Crippen LogP) is 3.03. The van der Waals surface area contributed by atoms with Crippen LogP contribution < -0.4 is 16.6 Å². The first-order chi connectivity index (χ1) is 9.15. The summed E-state index contributed by atoms with van der Waals surface area (Å²) in [6.07, 6.45) is 4.83. The number of nitrogen functional groups attached to an aromatic ring is 1. The van der Waals surface area contributed by atoms with Gasteiger partial charge in [0, 0.05) is 10.4 Å². The second kappa shape index (κ2) is 4.61. The van der Waals surface area contributed by atoms with Crippen molar-refractivity contribution in [3.05, 3.63) is 10.9 Å². The molecule has 19 heavy (non-hydrogen) atoms. The zero-order chi connectivity index (χ0) is 13.5. The smallest absolute Gasteiger partial charge is 0.240 e. The number of thiophene rings is 1. The topological polar surface area (TPSA) is 75.9 Å². The van der Waals surface area contributed by atoms with Gasteiger partial charge in [-0.1, -0.05) is 6.92 Å². The van der Waals surface area contributed by atoms with Crippen LogP contribution in [-0.2, 0) is 0 Å². The predicted molar refractivity (Wildman–Crippen MR) is 80.5 cm³/mol. The number of aryl methyl sites for hydroxylation is 1. The van der Waals surface area contributed by atoms with Crippen molar-refractivity contribution >= 4 is 33.3 Å². The van der Waals surface area contributed by atoms with Crippen LogP contribution >= 0.6 is 11.3 Å². The molecular weight excluding hydrogens is 258 g/mol. The van der Waals surface area contributed by atoms with Gasteiger partial charge in [0.2, 0.25) is 5.95 Å². The molecule has 0 spiro atoms. The normalized spacial score (nSPS) is 17.2. The van der Waals surface area contributed by atoms with Crippen LogP contribution in [0.5, 0.6) is 0 Å². The summed E-state index contributed by atoms with van der Waals surface area (Å²) in [4.78, 5) is 11.1. The number of nitrogens with one attached hydrogen (secondary N) is 2. The average molecular weight is 277 g/mol. The fourth-order valence-electron chi connectivity index (χ4n) is 2.62. The third kappa shape index (κ3) is 2.15. The van der Waals surface area contributed by atoms with Crippen molar-refractivity contribution < 1.29 is 0 Å². The molecule has 1 aliphatic carbocycles. The van der Waals surface area contributed by atoms with Gasteiger partial charge in [-0.15, -0.1) is 11.3 Å². The van der Waals surface area contributed by atoms with E-state index in [9.17, 15) is 0 Å². The molecule has 2 aromatic rings. The Kier molecular flexibility index (Phi) is 3.06. The monoisotopic (exact) mass is 277 g/mol. The van der Waals surface area contributed by atoms with E-state index in [4.69, 9.17) is 5.84 Å². The van der Waals surface area contributed by atoms with Gasteiger partial charge in [0.05, 0.1) is 5.39 Å². The number of hydrazine groups is 1. The lowest BCUT2D eigenvalue weighted by atomic mass is 9.75. The highest BCUT2D eigenvalue weighted by atomic mass is 32.1. The summed E-state index contributed by atoms with van der Waals surface area (Å²) in [6, 6.07) is 2.14. The van der Waals surface area contributed by atoms with E-state index in [0.29, 0.717) is 5.95 Å². The lowest BCUT2D eigenvalue weighted by Crippen LogP contribution is -2.44. The van der Waals surface area contributed by atoms with Crippen LogP contribution in [0.15, 0.2) is 6.07 Å². The van der Waals surface area contributed by atoms with E-state index in [1.165, 1.54) is 24.1 Å². The van der Waals surface area contributed by atoms with Crippen LogP contribution in [0.1, 0.15) is 37.5 Å². The number of nitrogens with two attached hydrogens (primary N) is 1. The summed E-state index contributed by atoms with van der Waals surface area (Å²) in [5.74, 6) is 6.84. The van der Waals surface area contributed by atoms with Crippen LogP contribution in [0, 0.1) is 6.92 Å². The summed E-state index contributed by atoms with van der Waals surface area (Å²) in [7, 11) is 0. The Morgan fingerprint density at radius 2 is 2.21 bits per heavy atom. The van der Waals surface area contributed by atoms with Crippen molar-refractivity contribution in [1.82, 2.24) is 9.97 Å². The third-order valence-corrected chi connectivity index (χ3v) is 4.96. The number of anilines is 2. The Morgan fingerprint density at radius 3 is 2.79 bits per heavy atom. The number of rotatable bonds is 4. The van der Waals surface area contributed by atoms with Crippen molar-refractivity contribution in [2.45, 2.75) is 45.1 Å². The molecule has 6 heteroatoms. The molecule has 0 saturated heterocycles. The lowest BCUT2D eigenvalue weighted by Gasteiger charge is -2.42. The summed E-state index contributed by atoms with van der Waals surface area (Å²) in [5, 5.41) is 4.73. The minimum absolute atomic E-state index is 0.211. The molecule has 3 rings (SSSR count). The number of aromatic nitrogens is 2. The zero-order valence-electron chi connectivity index (χ0n) is 11.3. The number of hydrogen-bond acceptors (Lipinski definition) is 6. The second-order valence-corrected chi connectivity index (χ2v) is 6.46. The molecule has 0 unspecified atom stereocenters. The van der Waals surface area contributed by atoms with Crippen molar-refractivity contribution in [1.29, 1.82) is 0 Å². The molecule has 1 saturated carbocycles. The Hall–Kier alpha value is -1.40. The van der Waals surface area contributed by atoms with E-state index in [1.807, 2.05) is 0 Å². The molecule has 0 radical (unpaired) electrons. The molecule has 5 nitrogen and oxygen atoms in total. The van der Waals surface area contributed by atoms with Gasteiger partial charge in [0.1, 0.15) is 10.6 Å². The highest BCUT2D eigenvalue weighted by molar-refractivity contribution is 7.18. The number of nitrogens with zero attached hydrogens (tertiary/aromatic N) is 2. The summed E-state index contributed by atoms with van der Waals surface area (Å²) < 4.78 is 0. The molecular formula is C13H19N5S. The summed E-state index contributed by atoms with van der Waals surface area (Å²) >= 11 is 1.67. The standard InChI is InChI=1S/C13H19N5S/c1-3-13(5-4-6-13)17-10-9-7-8(2)19-11(9)16-12(15-10)18-14/h7H,3-6,14H2,1-2H3,(H2,15,16,17,18). The summed E-state index contributed by atoms with van der Waals surface area (Å²) in [6.45, 7) is 4.32. The van der Waals surface area contributed by atoms with Gasteiger partial charge in [-0.05, 0) is 38.7 Å². The third-order valence-electron chi connectivity index (χ3n) is 4.02. The van der Waals surface area contributed by atoms with E-state index in [1.54, 1.807) is 11.3 Å². The summed E-state index contributed by atoms with van der Waals surface area (Å²) in [5.41, 5.74) is 2.76. The first-order valence-corrected chi connectivity index (χ1v) is 7.50. The minimum Gasteiger partial charge on any atom is -0.364 e. The molecule has 0 amide bonds. The van der Waals surface area contributed by atoms with E-state index in [-0.39, 0.29) is 5.54 Å². The van der Waals surface area contributed by atoms with Crippen LogP contribution in [-0.4, -0.2) is 15.5 Å². The van der Waals surface area contributed by atoms with Gasteiger partial charge in [-0.3, -0.25) is 5.43 Å². The van der Waals surface area contributed by atoms with Crippen LogP contribution in [0.25, 0.3) is 10.2 Å². The molecule has 2 aromatic heterocycles. The van der Waals surface area contributed by atoms with E-state index in [2.05, 4.69) is 40.6 Å². The van der Waals surface area contributed by atoms with Crippen molar-refractivity contribution in [2.24, 2.45) is 5.84 Å². The maximum absolute atomic E-state index is 5.46. The number of fused-ring (bicyclic) bond motifs is 1. The van der Waals surface area contributed by atoms with Gasteiger partial charge in [0.25, 0.3) is 0 Å². The minimum atomic E-state index is 0.211. The molecule has 2 heterocycles. The largest absolute Gasteiger partial charge is 0.364 e. The lowest BCUT2D eigenvalue weighted by molar-refractivity contribution is 0.269. The van der Waals surface area contributed by atoms with Crippen molar-refractivity contribution in [2.75, 3.05) is 10.7 Å². The first-order valence-electron chi connectivity index (χ1n) is 6.69. The van der Waals surface area contributed by atoms with Gasteiger partial charge < -0.3 is 5.32 Å². The molecule has 0 atom stereocenters. The molecule has 1 aliphatic rings. The second-order valence-electron chi connectivity index (χ2n) is 5.23. The fourth-order valence-corrected chi connectivity index (χ4v) is 3.50. The molecule has 0 aliphatic heterocycles. The molecule has 102 valence electrons. The maximum Gasteiger partial charge on any atom is 0.240 e. The van der Waals surface area contributed by atoms with Gasteiger partial charge in [-0.25, -0.2) is 10.8 Å². The van der Waals surface area contributed by atoms with Gasteiger partial charge in [0.15, 0.2) is 0 Å². The quantitative estimate of drug-likeness (QED) is 0.591. The molecule has 4 N–H and O–H groups in total. The first kappa shape index (κ1) is 12.6. The van der Waals surface area contributed by atoms with Gasteiger partial charge in [-0.2, -0.15) is 4.98 Å². The Bertz CT molecular complexity index is 597. The molecule has 1 fully saturated rings. The SMILES string of the molecule is CCC1(Nc2nc(NN)nc3sc(C)cc23)CCC1. The van der Waals surface area contributed by atoms with Crippen LogP contribution in [0.4, 0.5) is 11.8 Å². The van der Waals surface area contributed by atoms with Crippen LogP contribution in [0.2, 0.25) is 0 Å². The number of hydrogen-bond donors (Lipinski definition) is 3. The van der Waals surface area contributed by atoms with E-state index < -0.39 is 0 Å². The van der Waals surface area contributed by atoms with Crippen molar-refractivity contribution in [3.8, 4) is 0 Å². The highest BCUT2D eigenvalue weighted by Crippen LogP contribution is 2.40. The highest BCUT2D eigenvalue weighted by Gasteiger charge is 2.35. The maximum atomic E-state index is 5.46. The van der Waals surface area contributed by atoms with E-state index >= 15 is 0 Å². The zero-order valence-corrected chi connectivity index (χ0v) is 12.1. The molecule has 0 bridgehead atoms. The Morgan fingerprint density at radius 1 is 1.42 bits per heavy atom. The Labute approximate surface area is 116 Å². The fraction of sp³-hybridized carbons (Fsp3) is 0.538.